The van der Waals surface area contributed by atoms with Gasteiger partial charge in [-0.2, -0.15) is 0 Å². The van der Waals surface area contributed by atoms with E-state index >= 15 is 0 Å². The van der Waals surface area contributed by atoms with E-state index in [1.54, 1.807) is 0 Å². The van der Waals surface area contributed by atoms with Crippen LogP contribution in [0.4, 0.5) is 0 Å². The van der Waals surface area contributed by atoms with Gasteiger partial charge in [0.25, 0.3) is 0 Å². The lowest BCUT2D eigenvalue weighted by atomic mass is 9.89. The van der Waals surface area contributed by atoms with Crippen molar-refractivity contribution in [1.82, 2.24) is 4.57 Å². The molecule has 0 aliphatic carbocycles. The molecule has 2 heteroatoms. The monoisotopic (exact) mass is 437 g/mol. The molecule has 7 rings (SSSR count). The molecule has 0 spiro atoms. The van der Waals surface area contributed by atoms with Gasteiger partial charge in [0, 0.05) is 39.5 Å². The summed E-state index contributed by atoms with van der Waals surface area (Å²) in [4.78, 5) is 13.9. The lowest BCUT2D eigenvalue weighted by molar-refractivity contribution is 0.104. The molecule has 1 heterocycles. The number of hydrogen-bond donors (Lipinski definition) is 0. The lowest BCUT2D eigenvalue weighted by Gasteiger charge is -2.13. The molecular weight excluding hydrogens is 414 g/mol. The molecule has 34 heavy (non-hydrogen) atoms. The van der Waals surface area contributed by atoms with Crippen LogP contribution in [0.15, 0.2) is 91.0 Å². The van der Waals surface area contributed by atoms with Gasteiger partial charge in [-0.15, -0.1) is 0 Å². The van der Waals surface area contributed by atoms with Crippen molar-refractivity contribution in [2.75, 3.05) is 0 Å². The van der Waals surface area contributed by atoms with Crippen LogP contribution in [0.2, 0.25) is 0 Å². The summed E-state index contributed by atoms with van der Waals surface area (Å²) in [6, 6.07) is 31.8. The van der Waals surface area contributed by atoms with Crippen molar-refractivity contribution < 1.29 is 4.79 Å². The second kappa shape index (κ2) is 6.91. The molecule has 0 fully saturated rings. The van der Waals surface area contributed by atoms with E-state index in [9.17, 15) is 4.79 Å². The van der Waals surface area contributed by atoms with Crippen LogP contribution in [0.3, 0.4) is 0 Å². The third-order valence-corrected chi connectivity index (χ3v) is 7.37. The summed E-state index contributed by atoms with van der Waals surface area (Å²) in [5.74, 6) is 0.0740. The summed E-state index contributed by atoms with van der Waals surface area (Å²) in [6.45, 7) is 5.18. The van der Waals surface area contributed by atoms with Gasteiger partial charge in [-0.1, -0.05) is 60.2 Å². The minimum absolute atomic E-state index is 0.0740. The quantitative estimate of drug-likeness (QED) is 0.201. The molecule has 0 aliphatic heterocycles. The maximum Gasteiger partial charge on any atom is 0.193 e. The number of carbonyl (C=O) groups is 1. The lowest BCUT2D eigenvalue weighted by Crippen LogP contribution is -2.03. The van der Waals surface area contributed by atoms with Gasteiger partial charge in [-0.05, 0) is 82.6 Å². The molecule has 2 nitrogen and oxygen atoms in total. The number of fused-ring (bicyclic) bond motifs is 3. The number of rotatable bonds is 3. The maximum absolute atomic E-state index is 13.9. The molecule has 0 saturated carbocycles. The van der Waals surface area contributed by atoms with E-state index in [0.29, 0.717) is 0 Å². The van der Waals surface area contributed by atoms with Crippen LogP contribution >= 0.6 is 0 Å². The second-order valence-corrected chi connectivity index (χ2v) is 9.30. The fraction of sp³-hybridized carbons (Fsp3) is 0.0938. The van der Waals surface area contributed by atoms with Crippen molar-refractivity contribution >= 4 is 59.9 Å². The topological polar surface area (TPSA) is 22.0 Å². The van der Waals surface area contributed by atoms with Gasteiger partial charge in [0.05, 0.1) is 0 Å². The normalized spacial score (nSPS) is 12.1. The molecule has 0 N–H and O–H groups in total. The van der Waals surface area contributed by atoms with Gasteiger partial charge in [0.1, 0.15) is 0 Å². The van der Waals surface area contributed by atoms with Crippen molar-refractivity contribution in [1.29, 1.82) is 0 Å². The first kappa shape index (κ1) is 19.3. The van der Waals surface area contributed by atoms with Crippen molar-refractivity contribution in [3.05, 3.63) is 108 Å². The zero-order chi connectivity index (χ0) is 23.0. The summed E-state index contributed by atoms with van der Waals surface area (Å²) in [6.07, 6.45) is 0. The molecule has 0 amide bonds. The van der Waals surface area contributed by atoms with Crippen LogP contribution in [-0.2, 0) is 6.54 Å². The van der Waals surface area contributed by atoms with Crippen molar-refractivity contribution in [2.24, 2.45) is 0 Å². The highest BCUT2D eigenvalue weighted by Gasteiger charge is 2.18. The summed E-state index contributed by atoms with van der Waals surface area (Å²) >= 11 is 0. The van der Waals surface area contributed by atoms with Crippen LogP contribution in [0.1, 0.15) is 28.4 Å². The Morgan fingerprint density at radius 1 is 0.676 bits per heavy atom. The molecule has 7 aromatic rings. The average molecular weight is 438 g/mol. The zero-order valence-electron chi connectivity index (χ0n) is 19.2. The Labute approximate surface area is 197 Å². The SMILES string of the molecule is CCn1c2ccc(C)cc2c2cc(C(=O)c3ccc4ccc5cccc6ccc3c4c56)ccc21. The Bertz CT molecular complexity index is 1910. The van der Waals surface area contributed by atoms with E-state index < -0.39 is 0 Å². The summed E-state index contributed by atoms with van der Waals surface area (Å²) in [5.41, 5.74) is 5.12. The number of aromatic nitrogens is 1. The van der Waals surface area contributed by atoms with Gasteiger partial charge in [-0.25, -0.2) is 0 Å². The van der Waals surface area contributed by atoms with Gasteiger partial charge in [-0.3, -0.25) is 4.79 Å². The third kappa shape index (κ3) is 2.54. The highest BCUT2D eigenvalue weighted by atomic mass is 16.1. The molecule has 6 aromatic carbocycles. The molecule has 162 valence electrons. The van der Waals surface area contributed by atoms with Crippen LogP contribution in [0.5, 0.6) is 0 Å². The Kier molecular flexibility index (Phi) is 3.93. The Hall–Kier alpha value is -4.17. The fourth-order valence-corrected chi connectivity index (χ4v) is 5.79. The standard InChI is InChI=1S/C32H23NO/c1-3-33-28-15-7-19(2)17-26(28)27-18-23(12-16-29(27)33)32(34)25-14-11-22-9-8-20-5-4-6-21-10-13-24(25)31(22)30(20)21/h4-18H,3H2,1-2H3. The Balaban J connectivity index is 1.48. The summed E-state index contributed by atoms with van der Waals surface area (Å²) < 4.78 is 2.33. The highest BCUT2D eigenvalue weighted by molar-refractivity contribution is 6.28. The predicted octanol–water partition coefficient (Wildman–Crippen LogP) is 8.25. The Morgan fingerprint density at radius 3 is 2.09 bits per heavy atom. The number of carbonyl (C=O) groups excluding carboxylic acids is 1. The average Bonchev–Trinajstić information content (AvgIpc) is 3.18. The molecule has 0 aliphatic rings. The number of hydrogen-bond acceptors (Lipinski definition) is 1. The predicted molar refractivity (Wildman–Crippen MR) is 143 cm³/mol. The van der Waals surface area contributed by atoms with Crippen molar-refractivity contribution in [3.63, 3.8) is 0 Å². The van der Waals surface area contributed by atoms with Gasteiger partial charge in [0.15, 0.2) is 5.78 Å². The van der Waals surface area contributed by atoms with Gasteiger partial charge in [0.2, 0.25) is 0 Å². The maximum atomic E-state index is 13.9. The minimum Gasteiger partial charge on any atom is -0.341 e. The van der Waals surface area contributed by atoms with Gasteiger partial charge < -0.3 is 4.57 Å². The number of benzene rings is 6. The molecule has 1 aromatic heterocycles. The molecule has 0 bridgehead atoms. The van der Waals surface area contributed by atoms with Crippen LogP contribution < -0.4 is 0 Å². The zero-order valence-corrected chi connectivity index (χ0v) is 19.2. The number of ketones is 1. The van der Waals surface area contributed by atoms with Crippen molar-refractivity contribution in [3.8, 4) is 0 Å². The first-order valence-corrected chi connectivity index (χ1v) is 11.9. The Morgan fingerprint density at radius 2 is 1.32 bits per heavy atom. The molecule has 0 saturated heterocycles. The minimum atomic E-state index is 0.0740. The van der Waals surface area contributed by atoms with E-state index in [0.717, 1.165) is 28.4 Å². The second-order valence-electron chi connectivity index (χ2n) is 9.30. The van der Waals surface area contributed by atoms with Gasteiger partial charge >= 0.3 is 0 Å². The molecular formula is C32H23NO. The van der Waals surface area contributed by atoms with E-state index in [2.05, 4.69) is 97.3 Å². The molecule has 0 radical (unpaired) electrons. The van der Waals surface area contributed by atoms with Crippen molar-refractivity contribution in [2.45, 2.75) is 20.4 Å². The van der Waals surface area contributed by atoms with E-state index in [-0.39, 0.29) is 5.78 Å². The van der Waals surface area contributed by atoms with E-state index in [1.807, 2.05) is 12.1 Å². The van der Waals surface area contributed by atoms with Crippen LogP contribution in [-0.4, -0.2) is 10.4 Å². The summed E-state index contributed by atoms with van der Waals surface area (Å²) in [5, 5.41) is 9.40. The largest absolute Gasteiger partial charge is 0.341 e. The number of nitrogens with zero attached hydrogens (tertiary/aromatic N) is 1. The van der Waals surface area contributed by atoms with E-state index in [1.165, 1.54) is 48.9 Å². The summed E-state index contributed by atoms with van der Waals surface area (Å²) in [7, 11) is 0. The van der Waals surface area contributed by atoms with E-state index in [4.69, 9.17) is 0 Å². The third-order valence-electron chi connectivity index (χ3n) is 7.37. The smallest absolute Gasteiger partial charge is 0.193 e. The fourth-order valence-electron chi connectivity index (χ4n) is 5.79. The molecule has 0 unspecified atom stereocenters. The number of aryl methyl sites for hydroxylation is 2. The first-order chi connectivity index (χ1) is 16.6. The van der Waals surface area contributed by atoms with Crippen LogP contribution in [0, 0.1) is 6.92 Å². The van der Waals surface area contributed by atoms with Crippen LogP contribution in [0.25, 0.3) is 54.1 Å². The first-order valence-electron chi connectivity index (χ1n) is 11.9. The molecule has 0 atom stereocenters. The highest BCUT2D eigenvalue weighted by Crippen LogP contribution is 2.37.